The number of hydrogen-bond acceptors (Lipinski definition) is 6. The fourth-order valence-electron chi connectivity index (χ4n) is 2.16. The van der Waals surface area contributed by atoms with Crippen LogP contribution in [0.4, 0.5) is 11.5 Å². The summed E-state index contributed by atoms with van der Waals surface area (Å²) in [5, 5.41) is 2.63. The summed E-state index contributed by atoms with van der Waals surface area (Å²) in [6.45, 7) is 0. The zero-order valence-corrected chi connectivity index (χ0v) is 13.0. The Morgan fingerprint density at radius 2 is 1.96 bits per heavy atom. The molecule has 0 fully saturated rings. The molecule has 0 aliphatic carbocycles. The van der Waals surface area contributed by atoms with Gasteiger partial charge in [0.15, 0.2) is 11.5 Å². The number of carbonyl (C=O) groups excluding carboxylic acids is 2. The van der Waals surface area contributed by atoms with Crippen LogP contribution in [0.5, 0.6) is 0 Å². The highest BCUT2D eigenvalue weighted by molar-refractivity contribution is 6.06. The van der Waals surface area contributed by atoms with Gasteiger partial charge in [0.25, 0.3) is 5.91 Å². The van der Waals surface area contributed by atoms with Crippen LogP contribution < -0.4 is 16.8 Å². The van der Waals surface area contributed by atoms with E-state index in [-0.39, 0.29) is 24.2 Å². The molecule has 3 rings (SSSR count). The van der Waals surface area contributed by atoms with Crippen molar-refractivity contribution in [3.63, 3.8) is 0 Å². The van der Waals surface area contributed by atoms with Crippen molar-refractivity contribution in [1.82, 2.24) is 15.0 Å². The molecule has 2 aromatic heterocycles. The summed E-state index contributed by atoms with van der Waals surface area (Å²) in [6.07, 6.45) is 4.71. The SMILES string of the molecule is NC(=O)c1cccc(NC(=O)c2nc(-c3cccnc3)cnc2N)c1.[HH].[HH].[HH].[HH].[HH]. The number of primary amides is 1. The lowest BCUT2D eigenvalue weighted by atomic mass is 10.2. The van der Waals surface area contributed by atoms with Crippen LogP contribution in [0.2, 0.25) is 0 Å². The van der Waals surface area contributed by atoms with E-state index in [1.165, 1.54) is 12.3 Å². The van der Waals surface area contributed by atoms with Crippen molar-refractivity contribution < 1.29 is 16.7 Å². The smallest absolute Gasteiger partial charge is 0.278 e. The van der Waals surface area contributed by atoms with Crippen LogP contribution in [0.3, 0.4) is 0 Å². The molecule has 5 N–H and O–H groups in total. The number of aromatic nitrogens is 3. The van der Waals surface area contributed by atoms with Gasteiger partial charge in [-0.2, -0.15) is 0 Å². The molecule has 0 atom stereocenters. The van der Waals surface area contributed by atoms with Crippen molar-refractivity contribution in [2.24, 2.45) is 5.73 Å². The van der Waals surface area contributed by atoms with Gasteiger partial charge in [0, 0.05) is 36.3 Å². The summed E-state index contributed by atoms with van der Waals surface area (Å²) in [6, 6.07) is 9.80. The fourth-order valence-corrected chi connectivity index (χ4v) is 2.16. The first kappa shape index (κ1) is 16.1. The van der Waals surface area contributed by atoms with Crippen LogP contribution in [0.25, 0.3) is 11.3 Å². The molecule has 1 aromatic carbocycles. The second-order valence-corrected chi connectivity index (χ2v) is 5.13. The summed E-state index contributed by atoms with van der Waals surface area (Å²) in [5.41, 5.74) is 12.8. The quantitative estimate of drug-likeness (QED) is 0.665. The number of nitrogens with two attached hydrogens (primary N) is 2. The van der Waals surface area contributed by atoms with E-state index in [9.17, 15) is 9.59 Å². The molecule has 0 bridgehead atoms. The zero-order chi connectivity index (χ0) is 17.8. The molecule has 3 aromatic rings. The minimum absolute atomic E-state index is 0. The molecule has 2 heterocycles. The highest BCUT2D eigenvalue weighted by Crippen LogP contribution is 2.18. The topological polar surface area (TPSA) is 137 Å². The maximum absolute atomic E-state index is 12.5. The number of pyridine rings is 1. The summed E-state index contributed by atoms with van der Waals surface area (Å²) in [4.78, 5) is 36.0. The van der Waals surface area contributed by atoms with Crippen molar-refractivity contribution in [2.75, 3.05) is 11.1 Å². The normalized spacial score (nSPS) is 10.2. The van der Waals surface area contributed by atoms with Gasteiger partial charge in [-0.25, -0.2) is 9.97 Å². The number of hydrogen-bond donors (Lipinski definition) is 3. The molecule has 25 heavy (non-hydrogen) atoms. The van der Waals surface area contributed by atoms with Crippen LogP contribution in [0.1, 0.15) is 28.0 Å². The molecule has 0 aliphatic rings. The number of anilines is 2. The molecular weight excluding hydrogens is 320 g/mol. The number of benzene rings is 1. The van der Waals surface area contributed by atoms with Crippen molar-refractivity contribution in [3.8, 4) is 11.3 Å². The van der Waals surface area contributed by atoms with Crippen molar-refractivity contribution in [2.45, 2.75) is 0 Å². The molecule has 8 nitrogen and oxygen atoms in total. The number of amides is 2. The molecule has 0 spiro atoms. The van der Waals surface area contributed by atoms with Crippen LogP contribution in [0, 0.1) is 0 Å². The standard InChI is InChI=1S/C17H14N6O2.5H2/c18-15-14(23-13(9-21-15)11-4-2-6-20-8-11)17(25)22-12-5-1-3-10(7-12)16(19)24;;;;;/h1-9H,(H2,18,21)(H2,19,24)(H,22,25);5*1H. The molecule has 2 amide bonds. The first-order chi connectivity index (χ1) is 12.0. The first-order valence-electron chi connectivity index (χ1n) is 7.29. The van der Waals surface area contributed by atoms with Gasteiger partial charge in [0.05, 0.1) is 11.9 Å². The van der Waals surface area contributed by atoms with Gasteiger partial charge >= 0.3 is 0 Å². The van der Waals surface area contributed by atoms with E-state index in [0.717, 1.165) is 0 Å². The molecular formula is C17H24N6O2. The van der Waals surface area contributed by atoms with Gasteiger partial charge < -0.3 is 16.8 Å². The van der Waals surface area contributed by atoms with Crippen molar-refractivity contribution in [1.29, 1.82) is 0 Å². The minimum Gasteiger partial charge on any atom is -0.382 e. The van der Waals surface area contributed by atoms with E-state index < -0.39 is 11.8 Å². The Bertz CT molecular complexity index is 962. The predicted molar refractivity (Wildman–Crippen MR) is 103 cm³/mol. The number of nitrogens with zero attached hydrogens (tertiary/aromatic N) is 3. The monoisotopic (exact) mass is 344 g/mol. The van der Waals surface area contributed by atoms with E-state index in [4.69, 9.17) is 11.5 Å². The minimum atomic E-state index is -0.589. The molecule has 0 saturated carbocycles. The van der Waals surface area contributed by atoms with E-state index in [1.54, 1.807) is 42.7 Å². The second kappa shape index (κ2) is 6.75. The lowest BCUT2D eigenvalue weighted by molar-refractivity contribution is 0.0995. The van der Waals surface area contributed by atoms with Gasteiger partial charge in [0.2, 0.25) is 5.91 Å². The van der Waals surface area contributed by atoms with E-state index in [1.807, 2.05) is 0 Å². The van der Waals surface area contributed by atoms with Gasteiger partial charge in [-0.1, -0.05) is 6.07 Å². The summed E-state index contributed by atoms with van der Waals surface area (Å²) < 4.78 is 0. The number of nitrogen functional groups attached to an aromatic ring is 1. The molecule has 0 aliphatic heterocycles. The van der Waals surface area contributed by atoms with Crippen LogP contribution in [0.15, 0.2) is 55.0 Å². The maximum atomic E-state index is 12.5. The molecule has 134 valence electrons. The van der Waals surface area contributed by atoms with Crippen molar-refractivity contribution >= 4 is 23.3 Å². The summed E-state index contributed by atoms with van der Waals surface area (Å²) >= 11 is 0. The lowest BCUT2D eigenvalue weighted by Gasteiger charge is -2.09. The van der Waals surface area contributed by atoms with Crippen LogP contribution in [-0.4, -0.2) is 26.8 Å². The Morgan fingerprint density at radius 3 is 2.68 bits per heavy atom. The predicted octanol–water partition coefficient (Wildman–Crippen LogP) is 2.70. The van der Waals surface area contributed by atoms with Gasteiger partial charge in [0.1, 0.15) is 0 Å². The third-order valence-electron chi connectivity index (χ3n) is 3.38. The third kappa shape index (κ3) is 3.58. The number of rotatable bonds is 4. The Morgan fingerprint density at radius 1 is 1.12 bits per heavy atom. The fraction of sp³-hybridized carbons (Fsp3) is 0. The largest absolute Gasteiger partial charge is 0.382 e. The Balaban J connectivity index is -0.00000146. The number of carbonyl (C=O) groups is 2. The average molecular weight is 344 g/mol. The lowest BCUT2D eigenvalue weighted by Crippen LogP contribution is -2.18. The van der Waals surface area contributed by atoms with Crippen molar-refractivity contribution in [3.05, 3.63) is 66.2 Å². The van der Waals surface area contributed by atoms with Crippen LogP contribution >= 0.6 is 0 Å². The van der Waals surface area contributed by atoms with E-state index in [2.05, 4.69) is 20.3 Å². The van der Waals surface area contributed by atoms with E-state index >= 15 is 0 Å². The highest BCUT2D eigenvalue weighted by atomic mass is 16.2. The summed E-state index contributed by atoms with van der Waals surface area (Å²) in [5.74, 6) is -1.14. The Labute approximate surface area is 150 Å². The second-order valence-electron chi connectivity index (χ2n) is 5.13. The highest BCUT2D eigenvalue weighted by Gasteiger charge is 2.15. The van der Waals surface area contributed by atoms with Crippen LogP contribution in [-0.2, 0) is 0 Å². The van der Waals surface area contributed by atoms with Gasteiger partial charge in [-0.15, -0.1) is 0 Å². The average Bonchev–Trinajstić information content (AvgIpc) is 2.63. The maximum Gasteiger partial charge on any atom is 0.278 e. The Hall–Kier alpha value is -3.81. The molecule has 8 heteroatoms. The van der Waals surface area contributed by atoms with Gasteiger partial charge in [-0.05, 0) is 30.3 Å². The third-order valence-corrected chi connectivity index (χ3v) is 3.38. The summed E-state index contributed by atoms with van der Waals surface area (Å²) in [7, 11) is 0. The number of nitrogens with one attached hydrogen (secondary N) is 1. The molecule has 0 saturated heterocycles. The van der Waals surface area contributed by atoms with Gasteiger partial charge in [-0.3, -0.25) is 14.6 Å². The molecule has 0 unspecified atom stereocenters. The van der Waals surface area contributed by atoms with E-state index in [0.29, 0.717) is 16.9 Å². The first-order valence-corrected chi connectivity index (χ1v) is 7.29. The Kier molecular flexibility index (Phi) is 4.34. The zero-order valence-electron chi connectivity index (χ0n) is 13.0. The molecule has 0 radical (unpaired) electrons.